The third kappa shape index (κ3) is 2.49. The second kappa shape index (κ2) is 6.23. The largest absolute Gasteiger partial charge is 0.493 e. The lowest BCUT2D eigenvalue weighted by Gasteiger charge is -2.38. The maximum absolute atomic E-state index is 6.47. The molecule has 20 heavy (non-hydrogen) atoms. The van der Waals surface area contributed by atoms with Gasteiger partial charge in [0, 0.05) is 12.0 Å². The molecule has 0 amide bonds. The summed E-state index contributed by atoms with van der Waals surface area (Å²) < 4.78 is 10.8. The van der Waals surface area contributed by atoms with Crippen LogP contribution < -0.4 is 15.2 Å². The Bertz CT molecular complexity index is 482. The quantitative estimate of drug-likeness (QED) is 0.918. The first-order chi connectivity index (χ1) is 9.59. The molecule has 1 aromatic carbocycles. The molecule has 0 heterocycles. The molecule has 1 saturated carbocycles. The number of halogens is 1. The van der Waals surface area contributed by atoms with E-state index in [9.17, 15) is 0 Å². The minimum Gasteiger partial charge on any atom is -0.493 e. The van der Waals surface area contributed by atoms with Gasteiger partial charge >= 0.3 is 0 Å². The zero-order valence-electron chi connectivity index (χ0n) is 12.6. The summed E-state index contributed by atoms with van der Waals surface area (Å²) in [7, 11) is 3.26. The molecule has 0 aromatic heterocycles. The molecule has 0 unspecified atom stereocenters. The van der Waals surface area contributed by atoms with Gasteiger partial charge in [-0.1, -0.05) is 30.9 Å². The van der Waals surface area contributed by atoms with Crippen molar-refractivity contribution in [2.75, 3.05) is 20.8 Å². The van der Waals surface area contributed by atoms with Crippen LogP contribution in [0.15, 0.2) is 6.07 Å². The Kier molecular flexibility index (Phi) is 4.82. The molecular weight excluding hydrogens is 274 g/mol. The van der Waals surface area contributed by atoms with Gasteiger partial charge in [0.05, 0.1) is 19.2 Å². The van der Waals surface area contributed by atoms with E-state index in [-0.39, 0.29) is 5.41 Å². The smallest absolute Gasteiger partial charge is 0.179 e. The van der Waals surface area contributed by atoms with Gasteiger partial charge in [-0.05, 0) is 37.0 Å². The lowest BCUT2D eigenvalue weighted by atomic mass is 9.68. The molecule has 2 N–H and O–H groups in total. The molecule has 3 nitrogen and oxygen atoms in total. The van der Waals surface area contributed by atoms with Crippen molar-refractivity contribution in [3.8, 4) is 11.5 Å². The second-order valence-corrected chi connectivity index (χ2v) is 6.02. The Labute approximate surface area is 126 Å². The number of hydrogen-bond acceptors (Lipinski definition) is 3. The summed E-state index contributed by atoms with van der Waals surface area (Å²) in [6.45, 7) is 2.70. The van der Waals surface area contributed by atoms with Gasteiger partial charge in [0.25, 0.3) is 0 Å². The standard InChI is InChI=1S/C16H24ClNO2/c1-11-12(16(10-18)7-5-4-6-8-16)9-13(19-2)15(20-3)14(11)17/h9H,4-8,10,18H2,1-3H3. The van der Waals surface area contributed by atoms with Crippen LogP contribution in [0.1, 0.15) is 43.2 Å². The molecule has 1 aromatic rings. The van der Waals surface area contributed by atoms with E-state index in [1.165, 1.54) is 24.8 Å². The maximum atomic E-state index is 6.47. The summed E-state index contributed by atoms with van der Waals surface area (Å²) >= 11 is 6.47. The summed E-state index contributed by atoms with van der Waals surface area (Å²) in [5.41, 5.74) is 8.46. The highest BCUT2D eigenvalue weighted by Gasteiger charge is 2.35. The predicted octanol–water partition coefficient (Wildman–Crippen LogP) is 3.83. The monoisotopic (exact) mass is 297 g/mol. The summed E-state index contributed by atoms with van der Waals surface area (Å²) in [4.78, 5) is 0. The van der Waals surface area contributed by atoms with Gasteiger partial charge in [0.15, 0.2) is 11.5 Å². The molecule has 0 aliphatic heterocycles. The fourth-order valence-corrected chi connectivity index (χ4v) is 3.68. The van der Waals surface area contributed by atoms with E-state index in [0.29, 0.717) is 23.1 Å². The predicted molar refractivity (Wildman–Crippen MR) is 83.1 cm³/mol. The summed E-state index contributed by atoms with van der Waals surface area (Å²) in [6.07, 6.45) is 5.99. The Morgan fingerprint density at radius 2 is 1.85 bits per heavy atom. The van der Waals surface area contributed by atoms with Gasteiger partial charge in [-0.3, -0.25) is 0 Å². The lowest BCUT2D eigenvalue weighted by molar-refractivity contribution is 0.296. The average Bonchev–Trinajstić information content (AvgIpc) is 2.50. The molecule has 0 atom stereocenters. The molecule has 2 rings (SSSR count). The lowest BCUT2D eigenvalue weighted by Crippen LogP contribution is -2.37. The number of nitrogens with two attached hydrogens (primary N) is 1. The third-order valence-corrected chi connectivity index (χ3v) is 5.08. The first kappa shape index (κ1) is 15.5. The van der Waals surface area contributed by atoms with Crippen LogP contribution in [0.5, 0.6) is 11.5 Å². The van der Waals surface area contributed by atoms with E-state index >= 15 is 0 Å². The fourth-order valence-electron chi connectivity index (χ4n) is 3.41. The van der Waals surface area contributed by atoms with Gasteiger partial charge in [0.1, 0.15) is 0 Å². The van der Waals surface area contributed by atoms with Crippen LogP contribution in [0.3, 0.4) is 0 Å². The second-order valence-electron chi connectivity index (χ2n) is 5.64. The maximum Gasteiger partial charge on any atom is 0.179 e. The minimum absolute atomic E-state index is 0.0333. The van der Waals surface area contributed by atoms with Gasteiger partial charge in [-0.15, -0.1) is 0 Å². The number of hydrogen-bond donors (Lipinski definition) is 1. The van der Waals surface area contributed by atoms with Gasteiger partial charge in [-0.2, -0.15) is 0 Å². The topological polar surface area (TPSA) is 44.5 Å². The van der Waals surface area contributed by atoms with Crippen molar-refractivity contribution in [3.63, 3.8) is 0 Å². The van der Waals surface area contributed by atoms with Crippen molar-refractivity contribution in [2.24, 2.45) is 5.73 Å². The first-order valence-electron chi connectivity index (χ1n) is 7.21. The van der Waals surface area contributed by atoms with Gasteiger partial charge in [-0.25, -0.2) is 0 Å². The molecule has 112 valence electrons. The molecule has 0 saturated heterocycles. The normalized spacial score (nSPS) is 17.9. The average molecular weight is 298 g/mol. The molecule has 0 radical (unpaired) electrons. The van der Waals surface area contributed by atoms with Crippen molar-refractivity contribution in [3.05, 3.63) is 22.2 Å². The van der Waals surface area contributed by atoms with Crippen molar-refractivity contribution < 1.29 is 9.47 Å². The van der Waals surface area contributed by atoms with Crippen LogP contribution in [-0.2, 0) is 5.41 Å². The summed E-state index contributed by atoms with van der Waals surface area (Å²) in [6, 6.07) is 2.07. The Morgan fingerprint density at radius 1 is 1.20 bits per heavy atom. The van der Waals surface area contributed by atoms with E-state index in [4.69, 9.17) is 26.8 Å². The molecule has 4 heteroatoms. The molecule has 0 bridgehead atoms. The first-order valence-corrected chi connectivity index (χ1v) is 7.59. The van der Waals surface area contributed by atoms with E-state index in [1.807, 2.05) is 6.92 Å². The zero-order valence-corrected chi connectivity index (χ0v) is 13.3. The van der Waals surface area contributed by atoms with E-state index in [0.717, 1.165) is 18.4 Å². The number of ether oxygens (including phenoxy) is 2. The number of benzene rings is 1. The Balaban J connectivity index is 2.58. The molecule has 0 spiro atoms. The Hall–Kier alpha value is -0.930. The third-order valence-electron chi connectivity index (χ3n) is 4.63. The highest BCUT2D eigenvalue weighted by molar-refractivity contribution is 6.33. The van der Waals surface area contributed by atoms with E-state index in [1.54, 1.807) is 14.2 Å². The highest BCUT2D eigenvalue weighted by atomic mass is 35.5. The van der Waals surface area contributed by atoms with Gasteiger partial charge in [0.2, 0.25) is 0 Å². The summed E-state index contributed by atoms with van der Waals surface area (Å²) in [5, 5.41) is 0.639. The minimum atomic E-state index is 0.0333. The van der Waals surface area contributed by atoms with Crippen LogP contribution >= 0.6 is 11.6 Å². The van der Waals surface area contributed by atoms with Crippen molar-refractivity contribution in [1.29, 1.82) is 0 Å². The number of rotatable bonds is 4. The molecular formula is C16H24ClNO2. The van der Waals surface area contributed by atoms with Crippen molar-refractivity contribution in [1.82, 2.24) is 0 Å². The van der Waals surface area contributed by atoms with Crippen molar-refractivity contribution in [2.45, 2.75) is 44.4 Å². The number of methoxy groups -OCH3 is 2. The van der Waals surface area contributed by atoms with Crippen LogP contribution in [0, 0.1) is 6.92 Å². The molecule has 1 aliphatic rings. The van der Waals surface area contributed by atoms with E-state index < -0.39 is 0 Å². The Morgan fingerprint density at radius 3 is 2.35 bits per heavy atom. The summed E-state index contributed by atoms with van der Waals surface area (Å²) in [5.74, 6) is 1.30. The fraction of sp³-hybridized carbons (Fsp3) is 0.625. The molecule has 1 aliphatic carbocycles. The highest BCUT2D eigenvalue weighted by Crippen LogP contribution is 2.47. The van der Waals surface area contributed by atoms with Crippen molar-refractivity contribution >= 4 is 11.6 Å². The van der Waals surface area contributed by atoms with Crippen LogP contribution in [-0.4, -0.2) is 20.8 Å². The SMILES string of the molecule is COc1cc(C2(CN)CCCCC2)c(C)c(Cl)c1OC. The van der Waals surface area contributed by atoms with Crippen LogP contribution in [0.2, 0.25) is 5.02 Å². The van der Waals surface area contributed by atoms with E-state index in [2.05, 4.69) is 6.07 Å². The molecule has 1 fully saturated rings. The van der Waals surface area contributed by atoms with Gasteiger partial charge < -0.3 is 15.2 Å². The van der Waals surface area contributed by atoms with Crippen LogP contribution in [0.25, 0.3) is 0 Å². The van der Waals surface area contributed by atoms with Crippen LogP contribution in [0.4, 0.5) is 0 Å². The zero-order chi connectivity index (χ0) is 14.8.